The Balaban J connectivity index is 2.56. The summed E-state index contributed by atoms with van der Waals surface area (Å²) < 4.78 is 19.1. The fourth-order valence-corrected chi connectivity index (χ4v) is 2.44. The minimum atomic E-state index is -0.700. The van der Waals surface area contributed by atoms with Gasteiger partial charge in [0.15, 0.2) is 11.6 Å². The zero-order valence-corrected chi connectivity index (χ0v) is 9.29. The molecule has 4 heteroatoms. The molecule has 0 bridgehead atoms. The minimum absolute atomic E-state index is 0.313. The van der Waals surface area contributed by atoms with Crippen molar-refractivity contribution in [3.8, 4) is 11.5 Å². The molecule has 1 aromatic rings. The second kappa shape index (κ2) is 3.94. The molecule has 0 heterocycles. The van der Waals surface area contributed by atoms with Crippen molar-refractivity contribution in [3.05, 3.63) is 23.5 Å². The predicted molar refractivity (Wildman–Crippen MR) is 59.0 cm³/mol. The van der Waals surface area contributed by atoms with Gasteiger partial charge in [-0.25, -0.2) is 4.39 Å². The van der Waals surface area contributed by atoms with E-state index in [2.05, 4.69) is 0 Å². The molecule has 0 atom stereocenters. The van der Waals surface area contributed by atoms with Crippen LogP contribution in [-0.4, -0.2) is 12.2 Å². The molecule has 1 aliphatic carbocycles. The van der Waals surface area contributed by atoms with Crippen LogP contribution in [0, 0.1) is 5.82 Å². The quantitative estimate of drug-likeness (QED) is 0.811. The van der Waals surface area contributed by atoms with Gasteiger partial charge in [-0.2, -0.15) is 0 Å². The van der Waals surface area contributed by atoms with Gasteiger partial charge < -0.3 is 15.6 Å². The third kappa shape index (κ3) is 1.63. The van der Waals surface area contributed by atoms with Crippen LogP contribution >= 0.6 is 0 Å². The molecular weight excluding hydrogens is 209 g/mol. The SMILES string of the molecule is COc1ccc(O)c(F)c1C1(N)CCCC1. The van der Waals surface area contributed by atoms with Crippen LogP contribution in [0.15, 0.2) is 12.1 Å². The van der Waals surface area contributed by atoms with E-state index in [1.807, 2.05) is 0 Å². The van der Waals surface area contributed by atoms with Crippen molar-refractivity contribution in [1.82, 2.24) is 0 Å². The third-order valence-electron chi connectivity index (χ3n) is 3.30. The van der Waals surface area contributed by atoms with Gasteiger partial charge in [-0.1, -0.05) is 12.8 Å². The lowest BCUT2D eigenvalue weighted by Crippen LogP contribution is -2.34. The van der Waals surface area contributed by atoms with Crippen LogP contribution in [0.5, 0.6) is 11.5 Å². The van der Waals surface area contributed by atoms with Crippen LogP contribution in [0.25, 0.3) is 0 Å². The Morgan fingerprint density at radius 2 is 2.00 bits per heavy atom. The average molecular weight is 225 g/mol. The van der Waals surface area contributed by atoms with Crippen LogP contribution in [-0.2, 0) is 5.54 Å². The van der Waals surface area contributed by atoms with E-state index in [1.165, 1.54) is 13.2 Å². The lowest BCUT2D eigenvalue weighted by Gasteiger charge is -2.26. The minimum Gasteiger partial charge on any atom is -0.505 e. The van der Waals surface area contributed by atoms with E-state index >= 15 is 0 Å². The molecule has 0 amide bonds. The molecule has 1 aromatic carbocycles. The predicted octanol–water partition coefficient (Wildman–Crippen LogP) is 2.27. The highest BCUT2D eigenvalue weighted by molar-refractivity contribution is 5.46. The number of phenols is 1. The number of phenolic OH excluding ortho intramolecular Hbond substituents is 1. The van der Waals surface area contributed by atoms with E-state index < -0.39 is 11.4 Å². The Kier molecular flexibility index (Phi) is 2.76. The lowest BCUT2D eigenvalue weighted by atomic mass is 9.88. The molecule has 0 aromatic heterocycles. The molecule has 0 radical (unpaired) electrons. The maximum atomic E-state index is 13.9. The first-order valence-corrected chi connectivity index (χ1v) is 5.43. The first-order valence-electron chi connectivity index (χ1n) is 5.43. The summed E-state index contributed by atoms with van der Waals surface area (Å²) in [5, 5.41) is 9.41. The maximum absolute atomic E-state index is 13.9. The van der Waals surface area contributed by atoms with Crippen molar-refractivity contribution < 1.29 is 14.2 Å². The smallest absolute Gasteiger partial charge is 0.173 e. The standard InChI is InChI=1S/C12H16FNO2/c1-16-9-5-4-8(15)11(13)10(9)12(14)6-2-3-7-12/h4-5,15H,2-3,6-7,14H2,1H3. The van der Waals surface area contributed by atoms with Crippen molar-refractivity contribution >= 4 is 0 Å². The number of hydrogen-bond donors (Lipinski definition) is 2. The number of benzene rings is 1. The summed E-state index contributed by atoms with van der Waals surface area (Å²) in [5.41, 5.74) is 5.81. The molecule has 1 saturated carbocycles. The summed E-state index contributed by atoms with van der Waals surface area (Å²) in [6.07, 6.45) is 3.41. The summed E-state index contributed by atoms with van der Waals surface area (Å²) in [6.45, 7) is 0. The molecule has 3 N–H and O–H groups in total. The molecule has 0 spiro atoms. The van der Waals surface area contributed by atoms with Gasteiger partial charge >= 0.3 is 0 Å². The van der Waals surface area contributed by atoms with Crippen molar-refractivity contribution in [2.45, 2.75) is 31.2 Å². The van der Waals surface area contributed by atoms with Gasteiger partial charge in [0.1, 0.15) is 5.75 Å². The topological polar surface area (TPSA) is 55.5 Å². The second-order valence-electron chi connectivity index (χ2n) is 4.34. The van der Waals surface area contributed by atoms with Gasteiger partial charge in [0.25, 0.3) is 0 Å². The highest BCUT2D eigenvalue weighted by Crippen LogP contribution is 2.43. The molecule has 2 rings (SSSR count). The van der Waals surface area contributed by atoms with E-state index in [0.717, 1.165) is 25.7 Å². The number of rotatable bonds is 2. The summed E-state index contributed by atoms with van der Waals surface area (Å²) in [4.78, 5) is 0. The fraction of sp³-hybridized carbons (Fsp3) is 0.500. The Hall–Kier alpha value is -1.29. The van der Waals surface area contributed by atoms with Crippen molar-refractivity contribution in [1.29, 1.82) is 0 Å². The second-order valence-corrected chi connectivity index (χ2v) is 4.34. The van der Waals surface area contributed by atoms with Crippen LogP contribution in [0.4, 0.5) is 4.39 Å². The molecule has 0 saturated heterocycles. The number of nitrogens with two attached hydrogens (primary N) is 1. The van der Waals surface area contributed by atoms with Gasteiger partial charge in [0.2, 0.25) is 0 Å². The highest BCUT2D eigenvalue weighted by Gasteiger charge is 2.37. The number of aromatic hydroxyl groups is 1. The molecule has 3 nitrogen and oxygen atoms in total. The Bertz CT molecular complexity index is 400. The van der Waals surface area contributed by atoms with E-state index in [-0.39, 0.29) is 5.75 Å². The Morgan fingerprint density at radius 3 is 2.56 bits per heavy atom. The largest absolute Gasteiger partial charge is 0.505 e. The maximum Gasteiger partial charge on any atom is 0.173 e. The van der Waals surface area contributed by atoms with Gasteiger partial charge in [-0.05, 0) is 25.0 Å². The first kappa shape index (κ1) is 11.2. The van der Waals surface area contributed by atoms with Crippen LogP contribution in [0.2, 0.25) is 0 Å². The lowest BCUT2D eigenvalue weighted by molar-refractivity contribution is 0.352. The molecular formula is C12H16FNO2. The summed E-state index contributed by atoms with van der Waals surface area (Å²) in [6, 6.07) is 2.84. The van der Waals surface area contributed by atoms with Crippen LogP contribution in [0.3, 0.4) is 0 Å². The van der Waals surface area contributed by atoms with Gasteiger partial charge in [-0.15, -0.1) is 0 Å². The zero-order valence-electron chi connectivity index (χ0n) is 9.29. The summed E-state index contributed by atoms with van der Waals surface area (Å²) in [5.74, 6) is -0.601. The van der Waals surface area contributed by atoms with Crippen molar-refractivity contribution in [3.63, 3.8) is 0 Å². The highest BCUT2D eigenvalue weighted by atomic mass is 19.1. The third-order valence-corrected chi connectivity index (χ3v) is 3.30. The first-order chi connectivity index (χ1) is 7.58. The molecule has 0 unspecified atom stereocenters. The monoisotopic (exact) mass is 225 g/mol. The van der Waals surface area contributed by atoms with Crippen molar-refractivity contribution in [2.24, 2.45) is 5.73 Å². The fourth-order valence-electron chi connectivity index (χ4n) is 2.44. The summed E-state index contributed by atoms with van der Waals surface area (Å²) >= 11 is 0. The van der Waals surface area contributed by atoms with Crippen LogP contribution < -0.4 is 10.5 Å². The number of methoxy groups -OCH3 is 1. The van der Waals surface area contributed by atoms with E-state index in [1.54, 1.807) is 6.07 Å². The van der Waals surface area contributed by atoms with Gasteiger partial charge in [0.05, 0.1) is 12.7 Å². The number of hydrogen-bond acceptors (Lipinski definition) is 3. The molecule has 16 heavy (non-hydrogen) atoms. The van der Waals surface area contributed by atoms with Gasteiger partial charge in [-0.3, -0.25) is 0 Å². The van der Waals surface area contributed by atoms with Crippen LogP contribution in [0.1, 0.15) is 31.2 Å². The Morgan fingerprint density at radius 1 is 1.38 bits per heavy atom. The van der Waals surface area contributed by atoms with Crippen molar-refractivity contribution in [2.75, 3.05) is 7.11 Å². The summed E-state index contributed by atoms with van der Waals surface area (Å²) in [7, 11) is 1.48. The van der Waals surface area contributed by atoms with Gasteiger partial charge in [0, 0.05) is 5.54 Å². The average Bonchev–Trinajstić information content (AvgIpc) is 2.69. The number of halogens is 1. The molecule has 88 valence electrons. The van der Waals surface area contributed by atoms with E-state index in [0.29, 0.717) is 11.3 Å². The molecule has 0 aliphatic heterocycles. The zero-order chi connectivity index (χ0) is 11.8. The molecule has 1 fully saturated rings. The molecule has 1 aliphatic rings. The van der Waals surface area contributed by atoms with E-state index in [9.17, 15) is 9.50 Å². The van der Waals surface area contributed by atoms with E-state index in [4.69, 9.17) is 10.5 Å². The Labute approximate surface area is 94.0 Å². The number of ether oxygens (including phenoxy) is 1. The normalized spacial score (nSPS) is 18.7.